The van der Waals surface area contributed by atoms with Crippen molar-refractivity contribution in [3.05, 3.63) is 41.1 Å². The van der Waals surface area contributed by atoms with Crippen molar-refractivity contribution in [2.24, 2.45) is 11.8 Å². The van der Waals surface area contributed by atoms with E-state index < -0.39 is 11.7 Å². The molecule has 1 aromatic heterocycles. The lowest BCUT2D eigenvalue weighted by Crippen LogP contribution is -2.46. The number of hydrogen-bond donors (Lipinski definition) is 1. The quantitative estimate of drug-likeness (QED) is 0.758. The number of amides is 1. The number of likely N-dealkylation sites (tertiary alicyclic amines) is 1. The number of benzene rings is 1. The van der Waals surface area contributed by atoms with Crippen LogP contribution in [-0.4, -0.2) is 51.6 Å². The van der Waals surface area contributed by atoms with Crippen LogP contribution in [0.1, 0.15) is 56.5 Å². The molecule has 7 heteroatoms. The van der Waals surface area contributed by atoms with E-state index in [4.69, 9.17) is 9.47 Å². The Morgan fingerprint density at radius 3 is 2.56 bits per heavy atom. The van der Waals surface area contributed by atoms with Crippen molar-refractivity contribution < 1.29 is 19.4 Å². The van der Waals surface area contributed by atoms with E-state index in [0.29, 0.717) is 18.2 Å². The van der Waals surface area contributed by atoms with Crippen LogP contribution in [0.5, 0.6) is 5.75 Å². The van der Waals surface area contributed by atoms with Gasteiger partial charge in [-0.3, -0.25) is 0 Å². The monoisotopic (exact) mass is 439 g/mol. The minimum Gasteiger partial charge on any atom is -0.496 e. The van der Waals surface area contributed by atoms with E-state index in [2.05, 4.69) is 10.2 Å². The highest BCUT2D eigenvalue weighted by Gasteiger charge is 2.50. The summed E-state index contributed by atoms with van der Waals surface area (Å²) in [5.74, 6) is 1.06. The first-order valence-corrected chi connectivity index (χ1v) is 11.2. The van der Waals surface area contributed by atoms with E-state index in [1.54, 1.807) is 12.0 Å². The fourth-order valence-electron chi connectivity index (χ4n) is 5.08. The number of carbonyl (C=O) groups excluding carboxylic acids is 1. The molecule has 0 radical (unpaired) electrons. The molecule has 2 fully saturated rings. The van der Waals surface area contributed by atoms with E-state index >= 15 is 0 Å². The SMILES string of the molecule is COc1cc(C)ccc1-c1nnc(C(O)C2CC3CC2N(C(=O)OC(C)(C)C)C3)cc1C. The van der Waals surface area contributed by atoms with E-state index in [1.807, 2.05) is 58.9 Å². The molecule has 2 heterocycles. The minimum atomic E-state index is -0.782. The van der Waals surface area contributed by atoms with Crippen LogP contribution in [0.3, 0.4) is 0 Å². The third kappa shape index (κ3) is 4.31. The predicted octanol–water partition coefficient (Wildman–Crippen LogP) is 4.45. The van der Waals surface area contributed by atoms with Crippen molar-refractivity contribution >= 4 is 6.09 Å². The zero-order valence-corrected chi connectivity index (χ0v) is 19.8. The van der Waals surface area contributed by atoms with Gasteiger partial charge in [0.2, 0.25) is 0 Å². The second-order valence-corrected chi connectivity index (χ2v) is 10.2. The molecular weight excluding hydrogens is 406 g/mol. The standard InChI is InChI=1S/C25H33N3O4/c1-14-7-8-17(21(9-14)31-6)22-15(2)10-19(26-27-22)23(29)18-11-16-12-20(18)28(13-16)24(30)32-25(3,4)5/h7-10,16,18,20,23,29H,11-13H2,1-6H3. The molecule has 4 rings (SSSR count). The molecule has 172 valence electrons. The number of methoxy groups -OCH3 is 1. The molecular formula is C25H33N3O4. The predicted molar refractivity (Wildman–Crippen MR) is 121 cm³/mol. The van der Waals surface area contributed by atoms with Crippen molar-refractivity contribution in [2.45, 2.75) is 65.2 Å². The molecule has 1 aliphatic heterocycles. The number of ether oxygens (including phenoxy) is 2. The number of nitrogens with zero attached hydrogens (tertiary/aromatic N) is 3. The van der Waals surface area contributed by atoms with Gasteiger partial charge < -0.3 is 19.5 Å². The van der Waals surface area contributed by atoms with Crippen LogP contribution in [0.15, 0.2) is 24.3 Å². The summed E-state index contributed by atoms with van der Waals surface area (Å²) in [6, 6.07) is 7.83. The van der Waals surface area contributed by atoms with E-state index in [9.17, 15) is 9.90 Å². The highest BCUT2D eigenvalue weighted by Crippen LogP contribution is 2.47. The average Bonchev–Trinajstić information content (AvgIpc) is 3.33. The Bertz CT molecular complexity index is 1020. The zero-order valence-electron chi connectivity index (χ0n) is 19.8. The highest BCUT2D eigenvalue weighted by atomic mass is 16.6. The third-order valence-electron chi connectivity index (χ3n) is 6.48. The largest absolute Gasteiger partial charge is 0.496 e. The molecule has 2 aromatic rings. The van der Waals surface area contributed by atoms with Gasteiger partial charge >= 0.3 is 6.09 Å². The van der Waals surface area contributed by atoms with Crippen molar-refractivity contribution in [1.29, 1.82) is 0 Å². The summed E-state index contributed by atoms with van der Waals surface area (Å²) in [5.41, 5.74) is 3.64. The Labute approximate surface area is 189 Å². The van der Waals surface area contributed by atoms with Crippen LogP contribution in [0, 0.1) is 25.7 Å². The Morgan fingerprint density at radius 1 is 1.19 bits per heavy atom. The zero-order chi connectivity index (χ0) is 23.2. The summed E-state index contributed by atoms with van der Waals surface area (Å²) in [4.78, 5) is 14.5. The lowest BCUT2D eigenvalue weighted by atomic mass is 9.90. The number of piperidine rings is 1. The van der Waals surface area contributed by atoms with Crippen molar-refractivity contribution in [2.75, 3.05) is 13.7 Å². The maximum absolute atomic E-state index is 12.7. The first-order valence-electron chi connectivity index (χ1n) is 11.2. The van der Waals surface area contributed by atoms with Crippen LogP contribution < -0.4 is 4.74 Å². The van der Waals surface area contributed by atoms with Crippen molar-refractivity contribution in [3.8, 4) is 17.0 Å². The van der Waals surface area contributed by atoms with E-state index in [1.165, 1.54) is 0 Å². The smallest absolute Gasteiger partial charge is 0.410 e. The number of aryl methyl sites for hydroxylation is 2. The van der Waals surface area contributed by atoms with Gasteiger partial charge in [0.05, 0.1) is 18.5 Å². The van der Waals surface area contributed by atoms with Gasteiger partial charge in [-0.25, -0.2) is 4.79 Å². The van der Waals surface area contributed by atoms with Gasteiger partial charge in [0.15, 0.2) is 0 Å². The van der Waals surface area contributed by atoms with Gasteiger partial charge in [0.25, 0.3) is 0 Å². The minimum absolute atomic E-state index is 0.0381. The number of aliphatic hydroxyl groups is 1. The van der Waals surface area contributed by atoms with Gasteiger partial charge in [-0.15, -0.1) is 5.10 Å². The van der Waals surface area contributed by atoms with Crippen molar-refractivity contribution in [3.63, 3.8) is 0 Å². The van der Waals surface area contributed by atoms with Gasteiger partial charge in [-0.2, -0.15) is 5.10 Å². The van der Waals surface area contributed by atoms with Gasteiger partial charge in [0, 0.05) is 24.1 Å². The Balaban J connectivity index is 1.55. The molecule has 1 saturated carbocycles. The molecule has 1 amide bonds. The first-order chi connectivity index (χ1) is 15.1. The number of hydrogen-bond acceptors (Lipinski definition) is 6. The lowest BCUT2D eigenvalue weighted by molar-refractivity contribution is -0.00418. The molecule has 1 aliphatic carbocycles. The number of aromatic nitrogens is 2. The molecule has 32 heavy (non-hydrogen) atoms. The normalized spacial score (nSPS) is 23.3. The Kier molecular flexibility index (Phi) is 5.88. The van der Waals surface area contributed by atoms with Crippen LogP contribution in [0.2, 0.25) is 0 Å². The van der Waals surface area contributed by atoms with Crippen LogP contribution in [0.4, 0.5) is 4.79 Å². The summed E-state index contributed by atoms with van der Waals surface area (Å²) in [6.07, 6.45) is 0.687. The molecule has 4 atom stereocenters. The maximum atomic E-state index is 12.7. The molecule has 4 unspecified atom stereocenters. The molecule has 2 aliphatic rings. The Morgan fingerprint density at radius 2 is 1.94 bits per heavy atom. The van der Waals surface area contributed by atoms with Crippen LogP contribution in [0.25, 0.3) is 11.3 Å². The third-order valence-corrected chi connectivity index (χ3v) is 6.48. The fourth-order valence-corrected chi connectivity index (χ4v) is 5.08. The van der Waals surface area contributed by atoms with Crippen molar-refractivity contribution in [1.82, 2.24) is 15.1 Å². The first kappa shape index (κ1) is 22.5. The summed E-state index contributed by atoms with van der Waals surface area (Å²) < 4.78 is 11.1. The summed E-state index contributed by atoms with van der Waals surface area (Å²) in [7, 11) is 1.64. The second-order valence-electron chi connectivity index (χ2n) is 10.2. The van der Waals surface area contributed by atoms with Crippen LogP contribution in [-0.2, 0) is 4.74 Å². The van der Waals surface area contributed by atoms with E-state index in [-0.39, 0.29) is 18.1 Å². The molecule has 0 spiro atoms. The topological polar surface area (TPSA) is 84.8 Å². The van der Waals surface area contributed by atoms with Gasteiger partial charge in [-0.05, 0) is 82.7 Å². The Hall–Kier alpha value is -2.67. The number of fused-ring (bicyclic) bond motifs is 2. The molecule has 1 N–H and O–H groups in total. The van der Waals surface area contributed by atoms with Gasteiger partial charge in [-0.1, -0.05) is 6.07 Å². The molecule has 7 nitrogen and oxygen atoms in total. The molecule has 2 bridgehead atoms. The summed E-state index contributed by atoms with van der Waals surface area (Å²) >= 11 is 0. The fraction of sp³-hybridized carbons (Fsp3) is 0.560. The summed E-state index contributed by atoms with van der Waals surface area (Å²) in [6.45, 7) is 10.3. The summed E-state index contributed by atoms with van der Waals surface area (Å²) in [5, 5.41) is 20.0. The number of aliphatic hydroxyl groups excluding tert-OH is 1. The number of rotatable bonds is 4. The lowest BCUT2D eigenvalue weighted by Gasteiger charge is -2.36. The highest BCUT2D eigenvalue weighted by molar-refractivity contribution is 5.70. The molecule has 1 aromatic carbocycles. The molecule has 1 saturated heterocycles. The van der Waals surface area contributed by atoms with Crippen LogP contribution >= 0.6 is 0 Å². The number of carbonyl (C=O) groups is 1. The van der Waals surface area contributed by atoms with Gasteiger partial charge in [0.1, 0.15) is 17.5 Å². The van der Waals surface area contributed by atoms with E-state index in [0.717, 1.165) is 41.0 Å². The average molecular weight is 440 g/mol. The second kappa shape index (κ2) is 8.35. The maximum Gasteiger partial charge on any atom is 0.410 e.